The Morgan fingerprint density at radius 1 is 1.42 bits per heavy atom. The van der Waals surface area contributed by atoms with Crippen LogP contribution in [0.3, 0.4) is 0 Å². The van der Waals surface area contributed by atoms with E-state index in [1.165, 1.54) is 0 Å². The van der Waals surface area contributed by atoms with Crippen LogP contribution in [0.4, 0.5) is 0 Å². The van der Waals surface area contributed by atoms with Crippen molar-refractivity contribution in [2.75, 3.05) is 13.2 Å². The van der Waals surface area contributed by atoms with E-state index in [1.807, 2.05) is 0 Å². The van der Waals surface area contributed by atoms with E-state index in [4.69, 9.17) is 9.84 Å². The van der Waals surface area contributed by atoms with E-state index >= 15 is 0 Å². The second-order valence-electron chi connectivity index (χ2n) is 2.79. The lowest BCUT2D eigenvalue weighted by molar-refractivity contribution is -0.155. The van der Waals surface area contributed by atoms with Crippen molar-refractivity contribution in [2.45, 2.75) is 24.4 Å². The van der Waals surface area contributed by atoms with Gasteiger partial charge >= 0.3 is 0 Å². The Hall–Kier alpha value is -0.490. The Balaban J connectivity index is 2.58. The van der Waals surface area contributed by atoms with Gasteiger partial charge in [0.05, 0.1) is 13.2 Å². The molecule has 0 radical (unpaired) electrons. The van der Waals surface area contributed by atoms with Crippen molar-refractivity contribution >= 4 is 6.72 Å². The summed E-state index contributed by atoms with van der Waals surface area (Å²) in [6.07, 6.45) is -2.79. The molecule has 0 aliphatic carbocycles. The maximum Gasteiger partial charge on any atom is 0.110 e. The molecule has 0 amide bonds. The van der Waals surface area contributed by atoms with Crippen LogP contribution in [0.15, 0.2) is 4.99 Å². The molecule has 0 saturated carbocycles. The summed E-state index contributed by atoms with van der Waals surface area (Å²) in [5, 5.41) is 27.4. The molecule has 70 valence electrons. The number of aliphatic hydroxyl groups is 3. The molecule has 1 heterocycles. The van der Waals surface area contributed by atoms with Gasteiger partial charge in [0, 0.05) is 0 Å². The first-order chi connectivity index (χ1) is 5.70. The Labute approximate surface area is 70.3 Å². The Morgan fingerprint density at radius 2 is 2.08 bits per heavy atom. The van der Waals surface area contributed by atoms with Gasteiger partial charge in [-0.3, -0.25) is 4.99 Å². The van der Waals surface area contributed by atoms with Crippen LogP contribution in [0.2, 0.25) is 0 Å². The summed E-state index contributed by atoms with van der Waals surface area (Å²) in [4.78, 5) is 3.58. The van der Waals surface area contributed by atoms with Crippen LogP contribution in [0.5, 0.6) is 0 Å². The maximum absolute atomic E-state index is 9.36. The lowest BCUT2D eigenvalue weighted by Crippen LogP contribution is -2.53. The van der Waals surface area contributed by atoms with Gasteiger partial charge in [-0.25, -0.2) is 0 Å². The molecule has 0 aromatic carbocycles. The molecule has 1 aliphatic rings. The minimum absolute atomic E-state index is 0.187. The van der Waals surface area contributed by atoms with Crippen LogP contribution in [-0.2, 0) is 4.74 Å². The highest BCUT2D eigenvalue weighted by atomic mass is 16.5. The molecular formula is C7H13NO4. The summed E-state index contributed by atoms with van der Waals surface area (Å²) >= 11 is 0. The largest absolute Gasteiger partial charge is 0.394 e. The third-order valence-corrected chi connectivity index (χ3v) is 2.02. The number of ether oxygens (including phenoxy) is 1. The summed E-state index contributed by atoms with van der Waals surface area (Å²) < 4.78 is 5.02. The fraction of sp³-hybridized carbons (Fsp3) is 0.857. The van der Waals surface area contributed by atoms with Gasteiger partial charge in [0.1, 0.15) is 24.4 Å². The third kappa shape index (κ3) is 1.64. The minimum Gasteiger partial charge on any atom is -0.394 e. The molecule has 0 aromatic rings. The highest BCUT2D eigenvalue weighted by molar-refractivity contribution is 5.24. The van der Waals surface area contributed by atoms with Crippen molar-refractivity contribution in [3.8, 4) is 0 Å². The summed E-state index contributed by atoms with van der Waals surface area (Å²) in [5.41, 5.74) is 0. The van der Waals surface area contributed by atoms with Crippen molar-refractivity contribution in [3.63, 3.8) is 0 Å². The molecule has 1 fully saturated rings. The number of hydrogen-bond donors (Lipinski definition) is 3. The summed E-state index contributed by atoms with van der Waals surface area (Å²) in [6.45, 7) is 3.14. The number of hydrogen-bond acceptors (Lipinski definition) is 5. The van der Waals surface area contributed by atoms with Crippen molar-refractivity contribution < 1.29 is 20.1 Å². The van der Waals surface area contributed by atoms with Crippen molar-refractivity contribution in [3.05, 3.63) is 0 Å². The van der Waals surface area contributed by atoms with E-state index in [1.54, 1.807) is 0 Å². The number of aliphatic imine (C=N–C) groups is 1. The first kappa shape index (κ1) is 9.60. The SMILES string of the molecule is C=NC1COC(CO)C(O)C1O. The van der Waals surface area contributed by atoms with Gasteiger partial charge < -0.3 is 20.1 Å². The fourth-order valence-corrected chi connectivity index (χ4v) is 1.19. The number of rotatable bonds is 2. The highest BCUT2D eigenvalue weighted by Crippen LogP contribution is 2.16. The molecule has 12 heavy (non-hydrogen) atoms. The van der Waals surface area contributed by atoms with Gasteiger partial charge in [0.25, 0.3) is 0 Å². The van der Waals surface area contributed by atoms with E-state index in [2.05, 4.69) is 11.7 Å². The smallest absolute Gasteiger partial charge is 0.110 e. The van der Waals surface area contributed by atoms with E-state index < -0.39 is 24.4 Å². The van der Waals surface area contributed by atoms with Gasteiger partial charge in [-0.05, 0) is 6.72 Å². The topological polar surface area (TPSA) is 82.3 Å². The summed E-state index contributed by atoms with van der Waals surface area (Å²) in [7, 11) is 0. The Kier molecular flexibility index (Phi) is 3.16. The zero-order valence-corrected chi connectivity index (χ0v) is 6.63. The van der Waals surface area contributed by atoms with E-state index in [0.717, 1.165) is 0 Å². The van der Waals surface area contributed by atoms with E-state index in [-0.39, 0.29) is 13.2 Å². The molecule has 4 atom stereocenters. The third-order valence-electron chi connectivity index (χ3n) is 2.02. The first-order valence-corrected chi connectivity index (χ1v) is 3.75. The highest BCUT2D eigenvalue weighted by Gasteiger charge is 2.37. The molecular weight excluding hydrogens is 162 g/mol. The standard InChI is InChI=1S/C7H13NO4/c1-8-4-3-12-5(2-9)7(11)6(4)10/h4-7,9-11H,1-3H2. The predicted molar refractivity (Wildman–Crippen MR) is 42.2 cm³/mol. The molecule has 5 heteroatoms. The molecule has 5 nitrogen and oxygen atoms in total. The van der Waals surface area contributed by atoms with Crippen LogP contribution < -0.4 is 0 Å². The number of aliphatic hydroxyl groups excluding tert-OH is 3. The zero-order valence-electron chi connectivity index (χ0n) is 6.63. The summed E-state index contributed by atoms with van der Waals surface area (Å²) in [6, 6.07) is -0.497. The van der Waals surface area contributed by atoms with Gasteiger partial charge in [0.2, 0.25) is 0 Å². The lowest BCUT2D eigenvalue weighted by atomic mass is 9.99. The zero-order chi connectivity index (χ0) is 9.14. The van der Waals surface area contributed by atoms with Gasteiger partial charge in [0.15, 0.2) is 0 Å². The lowest BCUT2D eigenvalue weighted by Gasteiger charge is -2.34. The quantitative estimate of drug-likeness (QED) is 0.431. The Morgan fingerprint density at radius 3 is 2.58 bits per heavy atom. The number of nitrogens with zero attached hydrogens (tertiary/aromatic N) is 1. The van der Waals surface area contributed by atoms with Crippen LogP contribution in [-0.4, -0.2) is 59.6 Å². The van der Waals surface area contributed by atoms with Crippen LogP contribution in [0, 0.1) is 0 Å². The maximum atomic E-state index is 9.36. The second-order valence-corrected chi connectivity index (χ2v) is 2.79. The molecule has 1 saturated heterocycles. The van der Waals surface area contributed by atoms with Crippen LogP contribution in [0.1, 0.15) is 0 Å². The van der Waals surface area contributed by atoms with Gasteiger partial charge in [-0.1, -0.05) is 0 Å². The van der Waals surface area contributed by atoms with Crippen molar-refractivity contribution in [1.29, 1.82) is 0 Å². The average Bonchev–Trinajstić information content (AvgIpc) is 2.10. The minimum atomic E-state index is -1.08. The van der Waals surface area contributed by atoms with Crippen LogP contribution in [0.25, 0.3) is 0 Å². The summed E-state index contributed by atoms with van der Waals surface area (Å²) in [5.74, 6) is 0. The van der Waals surface area contributed by atoms with Crippen LogP contribution >= 0.6 is 0 Å². The monoisotopic (exact) mass is 175 g/mol. The second kappa shape index (κ2) is 3.95. The van der Waals surface area contributed by atoms with Crippen molar-refractivity contribution in [2.24, 2.45) is 4.99 Å². The van der Waals surface area contributed by atoms with Gasteiger partial charge in [-0.2, -0.15) is 0 Å². The molecule has 0 aromatic heterocycles. The molecule has 1 rings (SSSR count). The first-order valence-electron chi connectivity index (χ1n) is 3.75. The normalized spacial score (nSPS) is 42.6. The average molecular weight is 175 g/mol. The molecule has 0 spiro atoms. The molecule has 4 unspecified atom stereocenters. The molecule has 3 N–H and O–H groups in total. The Bertz CT molecular complexity index is 163. The van der Waals surface area contributed by atoms with E-state index in [9.17, 15) is 10.2 Å². The van der Waals surface area contributed by atoms with Crippen molar-refractivity contribution in [1.82, 2.24) is 0 Å². The fourth-order valence-electron chi connectivity index (χ4n) is 1.19. The molecule has 1 aliphatic heterocycles. The van der Waals surface area contributed by atoms with Gasteiger partial charge in [-0.15, -0.1) is 0 Å². The van der Waals surface area contributed by atoms with E-state index in [0.29, 0.717) is 0 Å². The molecule has 0 bridgehead atoms. The predicted octanol–water partition coefficient (Wildman–Crippen LogP) is -1.83.